The van der Waals surface area contributed by atoms with Gasteiger partial charge in [0.25, 0.3) is 0 Å². The number of para-hydroxylation sites is 2. The summed E-state index contributed by atoms with van der Waals surface area (Å²) in [6, 6.07) is 50.6. The van der Waals surface area contributed by atoms with E-state index in [9.17, 15) is 5.26 Å². The molecular weight excluding hydrogens is 645 g/mol. The molecule has 53 heavy (non-hydrogen) atoms. The Kier molecular flexibility index (Phi) is 5.71. The fourth-order valence-corrected chi connectivity index (χ4v) is 9.91. The van der Waals surface area contributed by atoms with E-state index in [1.54, 1.807) is 0 Å². The average Bonchev–Trinajstić information content (AvgIpc) is 3.82. The summed E-state index contributed by atoms with van der Waals surface area (Å²) in [4.78, 5) is 0. The third-order valence-corrected chi connectivity index (χ3v) is 12.5. The average molecular weight is 681 g/mol. The van der Waals surface area contributed by atoms with Gasteiger partial charge in [-0.3, -0.25) is 0 Å². The van der Waals surface area contributed by atoms with Gasteiger partial charge in [-0.15, -0.1) is 0 Å². The van der Waals surface area contributed by atoms with Crippen molar-refractivity contribution in [2.24, 2.45) is 0 Å². The minimum absolute atomic E-state index is 0.152. The maximum absolute atomic E-state index is 10.9. The topological polar surface area (TPSA) is 59.7 Å². The van der Waals surface area contributed by atoms with Crippen molar-refractivity contribution in [2.45, 2.75) is 38.5 Å². The van der Waals surface area contributed by atoms with Crippen LogP contribution in [0.2, 0.25) is 0 Å². The van der Waals surface area contributed by atoms with Crippen molar-refractivity contribution in [1.29, 1.82) is 5.26 Å². The standard InChI is InChI=1S/C49H36N4/c1-48(2)37-17-9-5-13-29(37)33-22-35-31-15-7-11-19-42(31)52(45(35)24-39(33)48)44-26-41(51)47(21-28(44)27-50)53-43-20-12-8-16-32(43)36-23-34-30-14-6-10-18-38(30)49(3,4)40(34)25-46(36)53/h5-26H,51H2,1-4H3. The molecule has 9 aromatic rings. The van der Waals surface area contributed by atoms with Gasteiger partial charge in [0.05, 0.1) is 44.7 Å². The maximum atomic E-state index is 10.9. The Morgan fingerprint density at radius 2 is 0.906 bits per heavy atom. The zero-order valence-electron chi connectivity index (χ0n) is 30.1. The van der Waals surface area contributed by atoms with Crippen molar-refractivity contribution < 1.29 is 0 Å². The molecular formula is C49H36N4. The predicted molar refractivity (Wildman–Crippen MR) is 219 cm³/mol. The summed E-state index contributed by atoms with van der Waals surface area (Å²) in [7, 11) is 0. The van der Waals surface area contributed by atoms with Gasteiger partial charge in [0, 0.05) is 32.4 Å². The Morgan fingerprint density at radius 3 is 1.42 bits per heavy atom. The van der Waals surface area contributed by atoms with Crippen LogP contribution in [0.25, 0.3) is 77.2 Å². The molecule has 0 atom stereocenters. The van der Waals surface area contributed by atoms with Gasteiger partial charge in [0.15, 0.2) is 0 Å². The molecule has 0 unspecified atom stereocenters. The van der Waals surface area contributed by atoms with Crippen LogP contribution in [-0.4, -0.2) is 9.13 Å². The predicted octanol–water partition coefficient (Wildman–Crippen LogP) is 11.9. The van der Waals surface area contributed by atoms with Crippen molar-refractivity contribution in [3.8, 4) is 39.7 Å². The molecule has 0 amide bonds. The lowest BCUT2D eigenvalue weighted by Gasteiger charge is -2.22. The van der Waals surface area contributed by atoms with E-state index in [1.165, 1.54) is 55.3 Å². The van der Waals surface area contributed by atoms with Crippen LogP contribution in [0.4, 0.5) is 5.69 Å². The Bertz CT molecular complexity index is 3140. The number of benzene rings is 7. The number of aromatic nitrogens is 2. The van der Waals surface area contributed by atoms with E-state index in [0.29, 0.717) is 11.3 Å². The zero-order valence-corrected chi connectivity index (χ0v) is 30.1. The van der Waals surface area contributed by atoms with Gasteiger partial charge in [-0.05, 0) is 93.0 Å². The summed E-state index contributed by atoms with van der Waals surface area (Å²) >= 11 is 0. The van der Waals surface area contributed by atoms with E-state index >= 15 is 0 Å². The fraction of sp³-hybridized carbons (Fsp3) is 0.122. The van der Waals surface area contributed by atoms with Crippen molar-refractivity contribution in [1.82, 2.24) is 9.13 Å². The van der Waals surface area contributed by atoms with E-state index in [0.717, 1.165) is 44.2 Å². The third-order valence-electron chi connectivity index (χ3n) is 12.5. The second kappa shape index (κ2) is 10.1. The molecule has 2 heterocycles. The summed E-state index contributed by atoms with van der Waals surface area (Å²) in [5.41, 5.74) is 24.4. The number of nitrogen functional groups attached to an aromatic ring is 1. The second-order valence-electron chi connectivity index (χ2n) is 15.9. The minimum atomic E-state index is -0.158. The van der Waals surface area contributed by atoms with Gasteiger partial charge in [-0.25, -0.2) is 0 Å². The molecule has 7 aromatic carbocycles. The first kappa shape index (κ1) is 30.1. The Hall–Kier alpha value is -6.57. The minimum Gasteiger partial charge on any atom is -0.397 e. The highest BCUT2D eigenvalue weighted by Gasteiger charge is 2.37. The molecule has 252 valence electrons. The molecule has 2 aromatic heterocycles. The molecule has 0 fully saturated rings. The second-order valence-corrected chi connectivity index (χ2v) is 15.9. The van der Waals surface area contributed by atoms with Gasteiger partial charge < -0.3 is 14.9 Å². The van der Waals surface area contributed by atoms with Crippen LogP contribution in [0, 0.1) is 11.3 Å². The Labute approximate surface area is 308 Å². The van der Waals surface area contributed by atoms with E-state index in [4.69, 9.17) is 5.73 Å². The van der Waals surface area contributed by atoms with Crippen LogP contribution in [0.3, 0.4) is 0 Å². The summed E-state index contributed by atoms with van der Waals surface area (Å²) in [6.07, 6.45) is 0. The van der Waals surface area contributed by atoms with Gasteiger partial charge in [0.2, 0.25) is 0 Å². The van der Waals surface area contributed by atoms with E-state index < -0.39 is 0 Å². The summed E-state index contributed by atoms with van der Waals surface area (Å²) in [6.45, 7) is 9.25. The van der Waals surface area contributed by atoms with Crippen molar-refractivity contribution in [3.05, 3.63) is 161 Å². The summed E-state index contributed by atoms with van der Waals surface area (Å²) in [5, 5.41) is 15.6. The number of nitrogens with zero attached hydrogens (tertiary/aromatic N) is 3. The van der Waals surface area contributed by atoms with Crippen molar-refractivity contribution in [2.75, 3.05) is 5.73 Å². The first-order chi connectivity index (χ1) is 25.7. The number of fused-ring (bicyclic) bond motifs is 12. The zero-order chi connectivity index (χ0) is 36.0. The van der Waals surface area contributed by atoms with Gasteiger partial charge >= 0.3 is 0 Å². The van der Waals surface area contributed by atoms with Crippen LogP contribution < -0.4 is 5.73 Å². The maximum Gasteiger partial charge on any atom is 0.101 e. The van der Waals surface area contributed by atoms with Crippen LogP contribution in [-0.2, 0) is 10.8 Å². The van der Waals surface area contributed by atoms with Crippen molar-refractivity contribution in [3.63, 3.8) is 0 Å². The smallest absolute Gasteiger partial charge is 0.101 e. The van der Waals surface area contributed by atoms with Crippen LogP contribution in [0.15, 0.2) is 133 Å². The van der Waals surface area contributed by atoms with E-state index in [2.05, 4.69) is 164 Å². The molecule has 0 bridgehead atoms. The van der Waals surface area contributed by atoms with E-state index in [-0.39, 0.29) is 10.8 Å². The molecule has 0 radical (unpaired) electrons. The Morgan fingerprint density at radius 1 is 0.453 bits per heavy atom. The highest BCUT2D eigenvalue weighted by molar-refractivity contribution is 6.13. The molecule has 2 aliphatic carbocycles. The molecule has 2 N–H and O–H groups in total. The van der Waals surface area contributed by atoms with E-state index in [1.807, 2.05) is 12.1 Å². The van der Waals surface area contributed by atoms with Gasteiger partial charge in [-0.1, -0.05) is 113 Å². The van der Waals surface area contributed by atoms with Crippen LogP contribution >= 0.6 is 0 Å². The van der Waals surface area contributed by atoms with Crippen LogP contribution in [0.5, 0.6) is 0 Å². The normalized spacial score (nSPS) is 14.8. The Balaban J connectivity index is 1.18. The molecule has 2 aliphatic rings. The number of hydrogen-bond acceptors (Lipinski definition) is 2. The first-order valence-corrected chi connectivity index (χ1v) is 18.4. The summed E-state index contributed by atoms with van der Waals surface area (Å²) in [5.74, 6) is 0. The quantitative estimate of drug-likeness (QED) is 0.185. The highest BCUT2D eigenvalue weighted by Crippen LogP contribution is 2.53. The molecule has 0 saturated heterocycles. The molecule has 4 nitrogen and oxygen atoms in total. The number of nitrogens with two attached hydrogens (primary N) is 1. The largest absolute Gasteiger partial charge is 0.397 e. The molecule has 11 rings (SSSR count). The third kappa shape index (κ3) is 3.74. The SMILES string of the molecule is CC1(C)c2ccccc2-c2cc3c4ccccc4n(-c4cc(C#N)c(-n5c6ccccc6c6cc7c(cc65)C(C)(C)c5ccccc5-7)cc4N)c3cc21. The number of nitriles is 1. The van der Waals surface area contributed by atoms with Crippen LogP contribution in [0.1, 0.15) is 55.5 Å². The molecule has 0 saturated carbocycles. The monoisotopic (exact) mass is 680 g/mol. The highest BCUT2D eigenvalue weighted by atomic mass is 15.0. The fourth-order valence-electron chi connectivity index (χ4n) is 9.91. The lowest BCUT2D eigenvalue weighted by Crippen LogP contribution is -2.15. The van der Waals surface area contributed by atoms with Gasteiger partial charge in [0.1, 0.15) is 6.07 Å². The lowest BCUT2D eigenvalue weighted by molar-refractivity contribution is 0.661. The van der Waals surface area contributed by atoms with Gasteiger partial charge in [-0.2, -0.15) is 5.26 Å². The number of rotatable bonds is 2. The molecule has 0 aliphatic heterocycles. The number of hydrogen-bond donors (Lipinski definition) is 1. The lowest BCUT2D eigenvalue weighted by atomic mass is 9.82. The summed E-state index contributed by atoms with van der Waals surface area (Å²) < 4.78 is 4.52. The number of anilines is 1. The van der Waals surface area contributed by atoms with Crippen molar-refractivity contribution >= 4 is 49.3 Å². The molecule has 4 heteroatoms. The first-order valence-electron chi connectivity index (χ1n) is 18.4. The molecule has 0 spiro atoms.